The lowest BCUT2D eigenvalue weighted by Gasteiger charge is -2.05. The number of hydrogen-bond donors (Lipinski definition) is 1. The van der Waals surface area contributed by atoms with E-state index in [0.717, 1.165) is 5.69 Å². The molecular weight excluding hydrogens is 230 g/mol. The molecule has 0 aliphatic carbocycles. The van der Waals surface area contributed by atoms with Crippen molar-refractivity contribution in [2.45, 2.75) is 13.8 Å². The fourth-order valence-electron chi connectivity index (χ4n) is 1.95. The fourth-order valence-corrected chi connectivity index (χ4v) is 1.95. The Bertz CT molecular complexity index is 580. The number of benzene rings is 2. The summed E-state index contributed by atoms with van der Waals surface area (Å²) in [4.78, 5) is 0. The molecule has 0 amide bonds. The van der Waals surface area contributed by atoms with Crippen LogP contribution >= 0.6 is 0 Å². The van der Waals surface area contributed by atoms with Gasteiger partial charge in [0.25, 0.3) is 0 Å². The van der Waals surface area contributed by atoms with E-state index in [2.05, 4.69) is 67.7 Å². The van der Waals surface area contributed by atoms with Crippen LogP contribution in [0.3, 0.4) is 0 Å². The number of rotatable bonds is 4. The summed E-state index contributed by atoms with van der Waals surface area (Å²) < 4.78 is 0. The Labute approximate surface area is 115 Å². The van der Waals surface area contributed by atoms with Crippen LogP contribution in [0.2, 0.25) is 0 Å². The Hall–Kier alpha value is -2.28. The van der Waals surface area contributed by atoms with Gasteiger partial charge in [0.15, 0.2) is 0 Å². The van der Waals surface area contributed by atoms with Crippen molar-refractivity contribution in [3.8, 4) is 0 Å². The minimum Gasteiger partial charge on any atom is -0.361 e. The summed E-state index contributed by atoms with van der Waals surface area (Å²) in [5, 5.41) is 3.33. The average molecular weight is 249 g/mol. The zero-order valence-corrected chi connectivity index (χ0v) is 11.4. The van der Waals surface area contributed by atoms with E-state index in [1.165, 1.54) is 16.7 Å². The minimum atomic E-state index is 1.14. The third-order valence-electron chi connectivity index (χ3n) is 3.06. The molecule has 2 aromatic carbocycles. The zero-order valence-electron chi connectivity index (χ0n) is 11.4. The summed E-state index contributed by atoms with van der Waals surface area (Å²) >= 11 is 0. The van der Waals surface area contributed by atoms with Gasteiger partial charge in [0.1, 0.15) is 0 Å². The van der Waals surface area contributed by atoms with Crippen molar-refractivity contribution >= 4 is 11.3 Å². The third kappa shape index (κ3) is 3.59. The lowest BCUT2D eigenvalue weighted by Crippen LogP contribution is -1.90. The topological polar surface area (TPSA) is 12.0 Å². The van der Waals surface area contributed by atoms with E-state index in [-0.39, 0.29) is 0 Å². The maximum absolute atomic E-state index is 3.33. The molecule has 1 heteroatoms. The van der Waals surface area contributed by atoms with Crippen LogP contribution in [0.5, 0.6) is 0 Å². The molecule has 0 saturated heterocycles. The largest absolute Gasteiger partial charge is 0.361 e. The molecule has 0 aliphatic heterocycles. The van der Waals surface area contributed by atoms with Gasteiger partial charge in [-0.05, 0) is 42.7 Å². The summed E-state index contributed by atoms with van der Waals surface area (Å²) in [6, 6.07) is 18.7. The van der Waals surface area contributed by atoms with Crippen LogP contribution in [0.25, 0.3) is 5.57 Å². The molecule has 2 aromatic rings. The number of nitrogens with one attached hydrogen (secondary N) is 1. The second-order valence-corrected chi connectivity index (χ2v) is 4.40. The minimum absolute atomic E-state index is 1.14. The molecule has 0 aromatic heterocycles. The highest BCUT2D eigenvalue weighted by Gasteiger charge is 1.95. The van der Waals surface area contributed by atoms with Crippen LogP contribution in [0, 0.1) is 6.92 Å². The Morgan fingerprint density at radius 2 is 1.63 bits per heavy atom. The van der Waals surface area contributed by atoms with E-state index in [1.807, 2.05) is 24.4 Å². The van der Waals surface area contributed by atoms with Gasteiger partial charge in [-0.15, -0.1) is 0 Å². The van der Waals surface area contributed by atoms with Gasteiger partial charge in [0.05, 0.1) is 0 Å². The van der Waals surface area contributed by atoms with Gasteiger partial charge in [0, 0.05) is 11.9 Å². The standard InChI is InChI=1S/C18H19N/c1-3-16(17-10-5-4-6-11-17)13-14-19-18-12-8-7-9-15(18)2/h3-14,19H,1-2H3/b14-13-,16-3+. The molecule has 2 rings (SSSR count). The average Bonchev–Trinajstić information content (AvgIpc) is 2.46. The fraction of sp³-hybridized carbons (Fsp3) is 0.111. The molecule has 0 bridgehead atoms. The van der Waals surface area contributed by atoms with Gasteiger partial charge >= 0.3 is 0 Å². The Kier molecular flexibility index (Phi) is 4.57. The first-order valence-electron chi connectivity index (χ1n) is 6.51. The van der Waals surface area contributed by atoms with E-state index in [9.17, 15) is 0 Å². The first-order chi connectivity index (χ1) is 9.31. The Morgan fingerprint density at radius 1 is 0.947 bits per heavy atom. The summed E-state index contributed by atoms with van der Waals surface area (Å²) in [6.07, 6.45) is 6.21. The molecule has 0 unspecified atom stereocenters. The van der Waals surface area contributed by atoms with Crippen LogP contribution in [0.15, 0.2) is 72.9 Å². The molecule has 0 radical (unpaired) electrons. The zero-order chi connectivity index (χ0) is 13.5. The number of hydrogen-bond acceptors (Lipinski definition) is 1. The van der Waals surface area contributed by atoms with Crippen molar-refractivity contribution in [2.75, 3.05) is 5.32 Å². The highest BCUT2D eigenvalue weighted by Crippen LogP contribution is 2.17. The maximum Gasteiger partial charge on any atom is 0.0409 e. The van der Waals surface area contributed by atoms with Crippen molar-refractivity contribution in [3.05, 3.63) is 84.1 Å². The van der Waals surface area contributed by atoms with E-state index in [1.54, 1.807) is 0 Å². The SMILES string of the molecule is C/C=C(\C=C/Nc1ccccc1C)c1ccccc1. The molecule has 1 nitrogen and oxygen atoms in total. The molecule has 19 heavy (non-hydrogen) atoms. The normalized spacial score (nSPS) is 11.8. The van der Waals surface area contributed by atoms with Crippen LogP contribution in [-0.2, 0) is 0 Å². The van der Waals surface area contributed by atoms with Crippen molar-refractivity contribution in [1.29, 1.82) is 0 Å². The van der Waals surface area contributed by atoms with Crippen molar-refractivity contribution in [2.24, 2.45) is 0 Å². The number of allylic oxidation sites excluding steroid dienone is 3. The second-order valence-electron chi connectivity index (χ2n) is 4.40. The Morgan fingerprint density at radius 3 is 2.32 bits per heavy atom. The van der Waals surface area contributed by atoms with Crippen LogP contribution in [0.4, 0.5) is 5.69 Å². The predicted octanol–water partition coefficient (Wildman–Crippen LogP) is 5.02. The summed E-state index contributed by atoms with van der Waals surface area (Å²) in [6.45, 7) is 4.16. The molecule has 0 aliphatic rings. The number of anilines is 1. The number of aryl methyl sites for hydroxylation is 1. The molecular formula is C18H19N. The second kappa shape index (κ2) is 6.60. The maximum atomic E-state index is 3.33. The molecule has 0 fully saturated rings. The van der Waals surface area contributed by atoms with Gasteiger partial charge in [-0.25, -0.2) is 0 Å². The summed E-state index contributed by atoms with van der Waals surface area (Å²) in [5.74, 6) is 0. The van der Waals surface area contributed by atoms with Crippen molar-refractivity contribution < 1.29 is 0 Å². The van der Waals surface area contributed by atoms with E-state index >= 15 is 0 Å². The van der Waals surface area contributed by atoms with Crippen molar-refractivity contribution in [1.82, 2.24) is 0 Å². The quantitative estimate of drug-likeness (QED) is 0.750. The molecule has 0 saturated carbocycles. The molecule has 96 valence electrons. The van der Waals surface area contributed by atoms with E-state index in [4.69, 9.17) is 0 Å². The predicted molar refractivity (Wildman–Crippen MR) is 84.0 cm³/mol. The molecule has 0 atom stereocenters. The van der Waals surface area contributed by atoms with Gasteiger partial charge in [-0.1, -0.05) is 54.6 Å². The summed E-state index contributed by atoms with van der Waals surface area (Å²) in [7, 11) is 0. The number of para-hydroxylation sites is 1. The van der Waals surface area contributed by atoms with E-state index in [0.29, 0.717) is 0 Å². The van der Waals surface area contributed by atoms with E-state index < -0.39 is 0 Å². The summed E-state index contributed by atoms with van der Waals surface area (Å²) in [5.41, 5.74) is 4.82. The first kappa shape index (κ1) is 13.2. The van der Waals surface area contributed by atoms with Crippen LogP contribution < -0.4 is 5.32 Å². The lowest BCUT2D eigenvalue weighted by atomic mass is 10.1. The highest BCUT2D eigenvalue weighted by atomic mass is 14.8. The van der Waals surface area contributed by atoms with Crippen LogP contribution in [0.1, 0.15) is 18.1 Å². The highest BCUT2D eigenvalue weighted by molar-refractivity contribution is 5.74. The van der Waals surface area contributed by atoms with Gasteiger partial charge < -0.3 is 5.32 Å². The monoisotopic (exact) mass is 249 g/mol. The van der Waals surface area contributed by atoms with Gasteiger partial charge in [-0.2, -0.15) is 0 Å². The molecule has 0 heterocycles. The smallest absolute Gasteiger partial charge is 0.0409 e. The van der Waals surface area contributed by atoms with Gasteiger partial charge in [0.2, 0.25) is 0 Å². The van der Waals surface area contributed by atoms with Crippen LogP contribution in [-0.4, -0.2) is 0 Å². The molecule has 0 spiro atoms. The lowest BCUT2D eigenvalue weighted by molar-refractivity contribution is 1.43. The Balaban J connectivity index is 2.08. The van der Waals surface area contributed by atoms with Gasteiger partial charge in [-0.3, -0.25) is 0 Å². The molecule has 1 N–H and O–H groups in total. The first-order valence-corrected chi connectivity index (χ1v) is 6.51. The third-order valence-corrected chi connectivity index (χ3v) is 3.06. The van der Waals surface area contributed by atoms with Crippen molar-refractivity contribution in [3.63, 3.8) is 0 Å².